The summed E-state index contributed by atoms with van der Waals surface area (Å²) in [5.74, 6) is 0.303. The number of hydrogen-bond acceptors (Lipinski definition) is 2. The zero-order valence-corrected chi connectivity index (χ0v) is 12.1. The van der Waals surface area contributed by atoms with Crippen LogP contribution in [0.25, 0.3) is 0 Å². The highest BCUT2D eigenvalue weighted by molar-refractivity contribution is 6.30. The molecular weight excluding hydrogens is 277 g/mol. The van der Waals surface area contributed by atoms with E-state index < -0.39 is 5.82 Å². The van der Waals surface area contributed by atoms with Crippen LogP contribution in [0.5, 0.6) is 5.75 Å². The van der Waals surface area contributed by atoms with E-state index in [0.717, 1.165) is 24.4 Å². The molecule has 0 heterocycles. The van der Waals surface area contributed by atoms with Crippen LogP contribution in [0.4, 0.5) is 4.39 Å². The number of hydrogen-bond donors (Lipinski definition) is 1. The van der Waals surface area contributed by atoms with E-state index in [1.165, 1.54) is 6.07 Å². The van der Waals surface area contributed by atoms with E-state index in [1.54, 1.807) is 12.1 Å². The molecule has 0 bridgehead atoms. The molecule has 2 nitrogen and oxygen atoms in total. The molecule has 0 saturated carbocycles. The van der Waals surface area contributed by atoms with Gasteiger partial charge in [0.1, 0.15) is 18.2 Å². The molecule has 106 valence electrons. The van der Waals surface area contributed by atoms with Crippen LogP contribution >= 0.6 is 11.6 Å². The molecular formula is C16H17ClFNO. The normalized spacial score (nSPS) is 10.6. The summed E-state index contributed by atoms with van der Waals surface area (Å²) in [4.78, 5) is 0. The van der Waals surface area contributed by atoms with Crippen molar-refractivity contribution in [1.82, 2.24) is 5.32 Å². The topological polar surface area (TPSA) is 21.3 Å². The average molecular weight is 294 g/mol. The second-order valence-electron chi connectivity index (χ2n) is 4.43. The van der Waals surface area contributed by atoms with Crippen LogP contribution in [-0.2, 0) is 13.2 Å². The minimum Gasteiger partial charge on any atom is -0.489 e. The lowest BCUT2D eigenvalue weighted by Crippen LogP contribution is -2.11. The molecule has 1 N–H and O–H groups in total. The predicted molar refractivity (Wildman–Crippen MR) is 79.6 cm³/mol. The standard InChI is InChI=1S/C16H17ClFNO/c1-2-19-10-12-5-3-7-14(9-12)20-11-13-6-4-8-15(17)16(13)18/h3-9,19H,2,10-11H2,1H3. The monoisotopic (exact) mass is 293 g/mol. The van der Waals surface area contributed by atoms with Gasteiger partial charge in [0, 0.05) is 12.1 Å². The van der Waals surface area contributed by atoms with E-state index in [9.17, 15) is 4.39 Å². The molecule has 0 aliphatic carbocycles. The van der Waals surface area contributed by atoms with Crippen LogP contribution in [-0.4, -0.2) is 6.54 Å². The Hall–Kier alpha value is -1.58. The first-order valence-corrected chi connectivity index (χ1v) is 6.94. The maximum Gasteiger partial charge on any atom is 0.148 e. The van der Waals surface area contributed by atoms with Gasteiger partial charge in [0.15, 0.2) is 0 Å². The summed E-state index contributed by atoms with van der Waals surface area (Å²) in [5.41, 5.74) is 1.59. The SMILES string of the molecule is CCNCc1cccc(OCc2cccc(Cl)c2F)c1. The lowest BCUT2D eigenvalue weighted by atomic mass is 10.2. The summed E-state index contributed by atoms with van der Waals surface area (Å²) in [7, 11) is 0. The van der Waals surface area contributed by atoms with E-state index in [-0.39, 0.29) is 11.6 Å². The van der Waals surface area contributed by atoms with Crippen LogP contribution < -0.4 is 10.1 Å². The first-order valence-electron chi connectivity index (χ1n) is 6.56. The van der Waals surface area contributed by atoms with Gasteiger partial charge >= 0.3 is 0 Å². The number of halogens is 2. The highest BCUT2D eigenvalue weighted by atomic mass is 35.5. The Morgan fingerprint density at radius 2 is 2.00 bits per heavy atom. The van der Waals surface area contributed by atoms with Crippen molar-refractivity contribution in [2.45, 2.75) is 20.1 Å². The fourth-order valence-electron chi connectivity index (χ4n) is 1.84. The van der Waals surface area contributed by atoms with Crippen molar-refractivity contribution in [1.29, 1.82) is 0 Å². The number of rotatable bonds is 6. The van der Waals surface area contributed by atoms with Gasteiger partial charge in [-0.1, -0.05) is 42.8 Å². The minimum atomic E-state index is -0.419. The van der Waals surface area contributed by atoms with Crippen LogP contribution in [0.15, 0.2) is 42.5 Å². The molecule has 0 aliphatic heterocycles. The highest BCUT2D eigenvalue weighted by Crippen LogP contribution is 2.20. The Morgan fingerprint density at radius 3 is 2.80 bits per heavy atom. The summed E-state index contributed by atoms with van der Waals surface area (Å²) >= 11 is 5.74. The third kappa shape index (κ3) is 3.95. The van der Waals surface area contributed by atoms with Crippen LogP contribution in [0.3, 0.4) is 0 Å². The van der Waals surface area contributed by atoms with Gasteiger partial charge in [-0.2, -0.15) is 0 Å². The number of nitrogens with one attached hydrogen (secondary N) is 1. The van der Waals surface area contributed by atoms with Gasteiger partial charge in [0.05, 0.1) is 5.02 Å². The Balaban J connectivity index is 2.01. The molecule has 0 radical (unpaired) electrons. The zero-order chi connectivity index (χ0) is 14.4. The molecule has 0 fully saturated rings. The molecule has 2 rings (SSSR count). The van der Waals surface area contributed by atoms with E-state index in [4.69, 9.17) is 16.3 Å². The molecule has 0 amide bonds. The van der Waals surface area contributed by atoms with E-state index >= 15 is 0 Å². The zero-order valence-electron chi connectivity index (χ0n) is 11.3. The van der Waals surface area contributed by atoms with Crippen LogP contribution in [0, 0.1) is 5.82 Å². The summed E-state index contributed by atoms with van der Waals surface area (Å²) in [6.07, 6.45) is 0. The molecule has 20 heavy (non-hydrogen) atoms. The van der Waals surface area contributed by atoms with Gasteiger partial charge in [-0.15, -0.1) is 0 Å². The quantitative estimate of drug-likeness (QED) is 0.863. The highest BCUT2D eigenvalue weighted by Gasteiger charge is 2.06. The van der Waals surface area contributed by atoms with Gasteiger partial charge in [0.25, 0.3) is 0 Å². The smallest absolute Gasteiger partial charge is 0.148 e. The lowest BCUT2D eigenvalue weighted by Gasteiger charge is -2.09. The summed E-state index contributed by atoms with van der Waals surface area (Å²) in [6.45, 7) is 3.93. The Morgan fingerprint density at radius 1 is 1.20 bits per heavy atom. The fraction of sp³-hybridized carbons (Fsp3) is 0.250. The third-order valence-electron chi connectivity index (χ3n) is 2.90. The van der Waals surface area contributed by atoms with Crippen molar-refractivity contribution in [2.75, 3.05) is 6.54 Å². The van der Waals surface area contributed by atoms with Gasteiger partial charge in [-0.05, 0) is 30.3 Å². The van der Waals surface area contributed by atoms with Crippen molar-refractivity contribution in [3.05, 3.63) is 64.4 Å². The Bertz CT molecular complexity index is 574. The van der Waals surface area contributed by atoms with Gasteiger partial charge in [-0.3, -0.25) is 0 Å². The van der Waals surface area contributed by atoms with Crippen molar-refractivity contribution in [2.24, 2.45) is 0 Å². The average Bonchev–Trinajstić information content (AvgIpc) is 2.47. The summed E-state index contributed by atoms with van der Waals surface area (Å²) < 4.78 is 19.4. The molecule has 2 aromatic rings. The van der Waals surface area contributed by atoms with Gasteiger partial charge in [0.2, 0.25) is 0 Å². The maximum atomic E-state index is 13.7. The summed E-state index contributed by atoms with van der Waals surface area (Å²) in [6, 6.07) is 12.7. The van der Waals surface area contributed by atoms with Gasteiger partial charge in [-0.25, -0.2) is 4.39 Å². The van der Waals surface area contributed by atoms with Crippen molar-refractivity contribution >= 4 is 11.6 Å². The van der Waals surface area contributed by atoms with Gasteiger partial charge < -0.3 is 10.1 Å². The third-order valence-corrected chi connectivity index (χ3v) is 3.20. The van der Waals surface area contributed by atoms with Crippen molar-refractivity contribution in [3.8, 4) is 5.75 Å². The molecule has 0 spiro atoms. The molecule has 2 aromatic carbocycles. The van der Waals surface area contributed by atoms with Crippen LogP contribution in [0.1, 0.15) is 18.1 Å². The van der Waals surface area contributed by atoms with E-state index in [2.05, 4.69) is 12.2 Å². The lowest BCUT2D eigenvalue weighted by molar-refractivity contribution is 0.299. The number of benzene rings is 2. The van der Waals surface area contributed by atoms with E-state index in [0.29, 0.717) is 5.56 Å². The molecule has 0 atom stereocenters. The predicted octanol–water partition coefficient (Wildman–Crippen LogP) is 4.17. The van der Waals surface area contributed by atoms with Crippen molar-refractivity contribution in [3.63, 3.8) is 0 Å². The van der Waals surface area contributed by atoms with Crippen LogP contribution in [0.2, 0.25) is 5.02 Å². The first-order chi connectivity index (χ1) is 9.70. The first kappa shape index (κ1) is 14.8. The largest absolute Gasteiger partial charge is 0.489 e. The Labute approximate surface area is 123 Å². The molecule has 4 heteroatoms. The number of ether oxygens (including phenoxy) is 1. The minimum absolute atomic E-state index is 0.118. The molecule has 0 unspecified atom stereocenters. The maximum absolute atomic E-state index is 13.7. The van der Waals surface area contributed by atoms with Crippen molar-refractivity contribution < 1.29 is 9.13 Å². The summed E-state index contributed by atoms with van der Waals surface area (Å²) in [5, 5.41) is 3.37. The van der Waals surface area contributed by atoms with E-state index in [1.807, 2.05) is 24.3 Å². The second-order valence-corrected chi connectivity index (χ2v) is 4.84. The Kier molecular flexibility index (Phi) is 5.39. The molecule has 0 aromatic heterocycles. The second kappa shape index (κ2) is 7.27. The molecule has 0 saturated heterocycles. The fourth-order valence-corrected chi connectivity index (χ4v) is 2.03. The molecule has 0 aliphatic rings.